The minimum atomic E-state index is -0.593. The number of allylic oxidation sites excluding steroid dienone is 1. The molecule has 0 spiro atoms. The standard InChI is InChI=1S/C11H22O/c1-6-9(2)7-8-10(3)11(4,5)12/h7-10,12H,6H2,1-5H3/b8-7+/t9?,10-/m1/s1. The molecule has 1 unspecified atom stereocenters. The van der Waals surface area contributed by atoms with Crippen molar-refractivity contribution in [2.24, 2.45) is 11.8 Å². The Morgan fingerprint density at radius 3 is 2.08 bits per heavy atom. The molecule has 1 nitrogen and oxygen atoms in total. The van der Waals surface area contributed by atoms with Crippen LogP contribution in [0.4, 0.5) is 0 Å². The van der Waals surface area contributed by atoms with Crippen LogP contribution in [0.5, 0.6) is 0 Å². The molecule has 0 fully saturated rings. The Balaban J connectivity index is 3.99. The van der Waals surface area contributed by atoms with E-state index < -0.39 is 5.60 Å². The first kappa shape index (κ1) is 11.7. The van der Waals surface area contributed by atoms with Crippen LogP contribution in [0.3, 0.4) is 0 Å². The molecule has 0 aromatic heterocycles. The van der Waals surface area contributed by atoms with Gasteiger partial charge in [-0.1, -0.05) is 39.3 Å². The van der Waals surface area contributed by atoms with Crippen LogP contribution >= 0.6 is 0 Å². The summed E-state index contributed by atoms with van der Waals surface area (Å²) >= 11 is 0. The highest BCUT2D eigenvalue weighted by Crippen LogP contribution is 2.18. The molecule has 0 saturated heterocycles. The van der Waals surface area contributed by atoms with E-state index in [0.717, 1.165) is 6.42 Å². The monoisotopic (exact) mass is 170 g/mol. The van der Waals surface area contributed by atoms with Crippen molar-refractivity contribution in [3.8, 4) is 0 Å². The Bertz CT molecular complexity index is 142. The van der Waals surface area contributed by atoms with Crippen LogP contribution < -0.4 is 0 Å². The maximum absolute atomic E-state index is 9.62. The lowest BCUT2D eigenvalue weighted by molar-refractivity contribution is 0.0439. The van der Waals surface area contributed by atoms with Crippen molar-refractivity contribution in [1.82, 2.24) is 0 Å². The quantitative estimate of drug-likeness (QED) is 0.643. The normalized spacial score (nSPS) is 18.2. The van der Waals surface area contributed by atoms with Gasteiger partial charge < -0.3 is 5.11 Å². The maximum Gasteiger partial charge on any atom is 0.0651 e. The number of hydrogen-bond acceptors (Lipinski definition) is 1. The van der Waals surface area contributed by atoms with Crippen molar-refractivity contribution in [2.75, 3.05) is 0 Å². The lowest BCUT2D eigenvalue weighted by Crippen LogP contribution is -2.26. The highest BCUT2D eigenvalue weighted by atomic mass is 16.3. The van der Waals surface area contributed by atoms with Gasteiger partial charge in [-0.15, -0.1) is 0 Å². The SMILES string of the molecule is CCC(C)/C=C/[C@@H](C)C(C)(C)O. The van der Waals surface area contributed by atoms with Gasteiger partial charge in [0.05, 0.1) is 5.60 Å². The third-order valence-electron chi connectivity index (χ3n) is 2.49. The van der Waals surface area contributed by atoms with Crippen molar-refractivity contribution in [1.29, 1.82) is 0 Å². The van der Waals surface area contributed by atoms with E-state index in [-0.39, 0.29) is 5.92 Å². The van der Waals surface area contributed by atoms with E-state index in [4.69, 9.17) is 0 Å². The zero-order valence-electron chi connectivity index (χ0n) is 8.96. The van der Waals surface area contributed by atoms with E-state index in [1.54, 1.807) is 0 Å². The molecular weight excluding hydrogens is 148 g/mol. The summed E-state index contributed by atoms with van der Waals surface area (Å²) in [7, 11) is 0. The Kier molecular flexibility index (Phi) is 4.54. The topological polar surface area (TPSA) is 20.2 Å². The molecule has 1 heteroatoms. The fourth-order valence-electron chi connectivity index (χ4n) is 0.728. The van der Waals surface area contributed by atoms with Crippen molar-refractivity contribution in [2.45, 2.75) is 46.6 Å². The number of rotatable bonds is 4. The molecule has 0 amide bonds. The molecular formula is C11H22O. The van der Waals surface area contributed by atoms with Gasteiger partial charge >= 0.3 is 0 Å². The van der Waals surface area contributed by atoms with Crippen LogP contribution in [0.25, 0.3) is 0 Å². The summed E-state index contributed by atoms with van der Waals surface area (Å²) in [5.74, 6) is 0.848. The lowest BCUT2D eigenvalue weighted by Gasteiger charge is -2.23. The van der Waals surface area contributed by atoms with Crippen molar-refractivity contribution in [3.63, 3.8) is 0 Å². The predicted molar refractivity (Wildman–Crippen MR) is 54.1 cm³/mol. The third-order valence-corrected chi connectivity index (χ3v) is 2.49. The summed E-state index contributed by atoms with van der Waals surface area (Å²) < 4.78 is 0. The Morgan fingerprint density at radius 1 is 1.25 bits per heavy atom. The summed E-state index contributed by atoms with van der Waals surface area (Å²) in [6.45, 7) is 10.1. The molecule has 0 heterocycles. The number of aliphatic hydroxyl groups is 1. The molecule has 1 N–H and O–H groups in total. The van der Waals surface area contributed by atoms with Crippen molar-refractivity contribution < 1.29 is 5.11 Å². The fraction of sp³-hybridized carbons (Fsp3) is 0.818. The van der Waals surface area contributed by atoms with Gasteiger partial charge in [0.1, 0.15) is 0 Å². The third kappa shape index (κ3) is 4.55. The van der Waals surface area contributed by atoms with Gasteiger partial charge in [0.15, 0.2) is 0 Å². The van der Waals surface area contributed by atoms with E-state index in [9.17, 15) is 5.11 Å². The highest BCUT2D eigenvalue weighted by Gasteiger charge is 2.19. The molecule has 0 aromatic rings. The Labute approximate surface area is 76.5 Å². The van der Waals surface area contributed by atoms with Crippen molar-refractivity contribution >= 4 is 0 Å². The van der Waals surface area contributed by atoms with E-state index in [1.807, 2.05) is 20.8 Å². The van der Waals surface area contributed by atoms with E-state index in [1.165, 1.54) is 0 Å². The van der Waals surface area contributed by atoms with Gasteiger partial charge in [0.25, 0.3) is 0 Å². The zero-order chi connectivity index (χ0) is 9.78. The van der Waals surface area contributed by atoms with Crippen LogP contribution in [0.2, 0.25) is 0 Å². The number of hydrogen-bond donors (Lipinski definition) is 1. The molecule has 0 aromatic carbocycles. The molecule has 0 aliphatic rings. The molecule has 0 aliphatic heterocycles. The molecule has 2 atom stereocenters. The summed E-state index contributed by atoms with van der Waals surface area (Å²) in [5, 5.41) is 9.62. The van der Waals surface area contributed by atoms with Crippen LogP contribution in [0, 0.1) is 11.8 Å². The minimum absolute atomic E-state index is 0.228. The van der Waals surface area contributed by atoms with Crippen LogP contribution in [0.1, 0.15) is 41.0 Å². The summed E-state index contributed by atoms with van der Waals surface area (Å²) in [6, 6.07) is 0. The minimum Gasteiger partial charge on any atom is -0.390 e. The van der Waals surface area contributed by atoms with Gasteiger partial charge in [0, 0.05) is 5.92 Å². The summed E-state index contributed by atoms with van der Waals surface area (Å²) in [5.41, 5.74) is -0.593. The summed E-state index contributed by atoms with van der Waals surface area (Å²) in [6.07, 6.45) is 5.45. The van der Waals surface area contributed by atoms with Gasteiger partial charge in [-0.2, -0.15) is 0 Å². The van der Waals surface area contributed by atoms with E-state index >= 15 is 0 Å². The fourth-order valence-corrected chi connectivity index (χ4v) is 0.728. The van der Waals surface area contributed by atoms with E-state index in [2.05, 4.69) is 26.0 Å². The highest BCUT2D eigenvalue weighted by molar-refractivity contribution is 4.95. The second kappa shape index (κ2) is 4.66. The molecule has 0 bridgehead atoms. The van der Waals surface area contributed by atoms with Crippen LogP contribution in [-0.4, -0.2) is 10.7 Å². The molecule has 72 valence electrons. The molecule has 0 aliphatic carbocycles. The predicted octanol–water partition coefficient (Wildman–Crippen LogP) is 3.00. The largest absolute Gasteiger partial charge is 0.390 e. The van der Waals surface area contributed by atoms with E-state index in [0.29, 0.717) is 5.92 Å². The second-order valence-electron chi connectivity index (χ2n) is 4.21. The lowest BCUT2D eigenvalue weighted by atomic mass is 9.91. The molecule has 0 rings (SSSR count). The molecule has 12 heavy (non-hydrogen) atoms. The van der Waals surface area contributed by atoms with Crippen LogP contribution in [0.15, 0.2) is 12.2 Å². The Morgan fingerprint density at radius 2 is 1.75 bits per heavy atom. The van der Waals surface area contributed by atoms with Gasteiger partial charge in [-0.25, -0.2) is 0 Å². The Hall–Kier alpha value is -0.300. The van der Waals surface area contributed by atoms with Crippen LogP contribution in [-0.2, 0) is 0 Å². The van der Waals surface area contributed by atoms with Gasteiger partial charge in [-0.05, 0) is 19.8 Å². The average Bonchev–Trinajstić information content (AvgIpc) is 1.97. The molecule has 0 radical (unpaired) electrons. The zero-order valence-corrected chi connectivity index (χ0v) is 8.96. The van der Waals surface area contributed by atoms with Gasteiger partial charge in [-0.3, -0.25) is 0 Å². The first-order chi connectivity index (χ1) is 5.38. The first-order valence-electron chi connectivity index (χ1n) is 4.78. The van der Waals surface area contributed by atoms with Crippen molar-refractivity contribution in [3.05, 3.63) is 12.2 Å². The smallest absolute Gasteiger partial charge is 0.0651 e. The molecule has 0 saturated carbocycles. The first-order valence-corrected chi connectivity index (χ1v) is 4.78. The maximum atomic E-state index is 9.62. The summed E-state index contributed by atoms with van der Waals surface area (Å²) in [4.78, 5) is 0. The average molecular weight is 170 g/mol. The second-order valence-corrected chi connectivity index (χ2v) is 4.21. The van der Waals surface area contributed by atoms with Gasteiger partial charge in [0.2, 0.25) is 0 Å².